The van der Waals surface area contributed by atoms with E-state index < -0.39 is 30.5 Å². The number of aliphatic hydroxyl groups excluding tert-OH is 2. The monoisotopic (exact) mass is 544 g/mol. The van der Waals surface area contributed by atoms with E-state index in [2.05, 4.69) is 20.6 Å². The van der Waals surface area contributed by atoms with E-state index in [9.17, 15) is 23.1 Å². The Labute approximate surface area is 221 Å². The number of aliphatic imine (C=N–C) groups is 2. The molecule has 1 saturated heterocycles. The van der Waals surface area contributed by atoms with Gasteiger partial charge in [0.15, 0.2) is 5.84 Å². The maximum atomic E-state index is 13.4. The number of allylic oxidation sites excluding steroid dienone is 1. The van der Waals surface area contributed by atoms with Crippen molar-refractivity contribution in [2.24, 2.45) is 9.98 Å². The summed E-state index contributed by atoms with van der Waals surface area (Å²) in [6.07, 6.45) is -1.41. The highest BCUT2D eigenvalue weighted by atomic mass is 19.4. The van der Waals surface area contributed by atoms with Crippen molar-refractivity contribution in [1.82, 2.24) is 15.2 Å². The van der Waals surface area contributed by atoms with Gasteiger partial charge in [0.2, 0.25) is 5.91 Å². The highest BCUT2D eigenvalue weighted by molar-refractivity contribution is 6.17. The van der Waals surface area contributed by atoms with Crippen LogP contribution in [0.4, 0.5) is 18.9 Å². The molecule has 10 nitrogen and oxygen atoms in total. The van der Waals surface area contributed by atoms with E-state index in [4.69, 9.17) is 14.8 Å². The van der Waals surface area contributed by atoms with Gasteiger partial charge in [0.05, 0.1) is 42.0 Å². The van der Waals surface area contributed by atoms with Crippen molar-refractivity contribution in [1.29, 1.82) is 0 Å². The number of amidine groups is 2. The van der Waals surface area contributed by atoms with Crippen LogP contribution in [0.1, 0.15) is 30.9 Å². The average Bonchev–Trinajstić information content (AvgIpc) is 2.91. The lowest BCUT2D eigenvalue weighted by atomic mass is 9.93. The fourth-order valence-electron chi connectivity index (χ4n) is 4.80. The summed E-state index contributed by atoms with van der Waals surface area (Å²) in [5.41, 5.74) is 1.09. The Balaban J connectivity index is 1.37. The van der Waals surface area contributed by atoms with Gasteiger partial charge in [0.1, 0.15) is 36.0 Å². The number of pyridine rings is 1. The third-order valence-electron chi connectivity index (χ3n) is 6.64. The van der Waals surface area contributed by atoms with Crippen molar-refractivity contribution < 1.29 is 32.9 Å². The number of carbonyl (C=O) groups is 1. The van der Waals surface area contributed by atoms with Crippen molar-refractivity contribution in [2.75, 3.05) is 25.1 Å². The van der Waals surface area contributed by atoms with E-state index in [-0.39, 0.29) is 30.0 Å². The molecule has 0 saturated carbocycles. The third kappa shape index (κ3) is 5.73. The number of hydrogen-bond acceptors (Lipinski definition) is 9. The fourth-order valence-corrected chi connectivity index (χ4v) is 4.80. The van der Waals surface area contributed by atoms with Crippen LogP contribution in [0, 0.1) is 0 Å². The maximum absolute atomic E-state index is 13.4. The number of ether oxygens (including phenoxy) is 1. The highest BCUT2D eigenvalue weighted by Gasteiger charge is 2.41. The largest absolute Gasteiger partial charge is 0.489 e. The summed E-state index contributed by atoms with van der Waals surface area (Å²) in [6.45, 7) is 1.68. The number of fused-ring (bicyclic) bond motifs is 4. The number of carbonyl (C=O) groups excluding carboxylic acids is 1. The van der Waals surface area contributed by atoms with Gasteiger partial charge in [0.25, 0.3) is 0 Å². The minimum absolute atomic E-state index is 0.0784. The van der Waals surface area contributed by atoms with Crippen LogP contribution in [0.2, 0.25) is 0 Å². The number of hydrogen-bond donors (Lipinski definition) is 4. The maximum Gasteiger partial charge on any atom is 0.416 e. The molecule has 0 aliphatic carbocycles. The number of aliphatic hydroxyl groups is 2. The SMILES string of the molecule is CC1=C2C(=N[C@H]3CCC(C(=O)Nc4cncc(OC[C@H](O)CO)c4)N2C3)NC(c2cccc(C(F)(F)F)c2)=N1. The molecule has 206 valence electrons. The molecule has 1 aromatic heterocycles. The van der Waals surface area contributed by atoms with E-state index in [0.717, 1.165) is 12.1 Å². The molecule has 0 spiro atoms. The summed E-state index contributed by atoms with van der Waals surface area (Å²) >= 11 is 0. The van der Waals surface area contributed by atoms with E-state index in [1.165, 1.54) is 18.5 Å². The Morgan fingerprint density at radius 3 is 2.85 bits per heavy atom. The molecule has 13 heteroatoms. The van der Waals surface area contributed by atoms with Crippen molar-refractivity contribution in [2.45, 2.75) is 44.1 Å². The van der Waals surface area contributed by atoms with E-state index in [0.29, 0.717) is 48.1 Å². The molecule has 3 aliphatic rings. The number of nitrogens with zero attached hydrogens (tertiary/aromatic N) is 4. The van der Waals surface area contributed by atoms with Gasteiger partial charge in [-0.3, -0.25) is 14.8 Å². The number of benzene rings is 1. The molecule has 5 rings (SSSR count). The van der Waals surface area contributed by atoms with Crippen LogP contribution in [-0.2, 0) is 11.0 Å². The predicted molar refractivity (Wildman–Crippen MR) is 136 cm³/mol. The van der Waals surface area contributed by atoms with Gasteiger partial charge >= 0.3 is 6.18 Å². The zero-order chi connectivity index (χ0) is 27.7. The van der Waals surface area contributed by atoms with Crippen molar-refractivity contribution >= 4 is 23.3 Å². The average molecular weight is 545 g/mol. The second kappa shape index (κ2) is 10.7. The van der Waals surface area contributed by atoms with Gasteiger partial charge in [-0.15, -0.1) is 0 Å². The lowest BCUT2D eigenvalue weighted by molar-refractivity contribution is -0.137. The van der Waals surface area contributed by atoms with E-state index in [1.807, 2.05) is 4.90 Å². The molecule has 1 aromatic carbocycles. The molecule has 2 bridgehead atoms. The molecule has 3 atom stereocenters. The lowest BCUT2D eigenvalue weighted by Crippen LogP contribution is -2.57. The Morgan fingerprint density at radius 2 is 2.08 bits per heavy atom. The molecular weight excluding hydrogens is 517 g/mol. The summed E-state index contributed by atoms with van der Waals surface area (Å²) in [4.78, 5) is 28.7. The normalized spacial score (nSPS) is 21.3. The zero-order valence-corrected chi connectivity index (χ0v) is 20.9. The van der Waals surface area contributed by atoms with Crippen LogP contribution >= 0.6 is 0 Å². The number of alkyl halides is 3. The second-order valence-corrected chi connectivity index (χ2v) is 9.52. The predicted octanol–water partition coefficient (Wildman–Crippen LogP) is 2.30. The topological polar surface area (TPSA) is 132 Å². The number of halogens is 3. The first kappa shape index (κ1) is 26.6. The summed E-state index contributed by atoms with van der Waals surface area (Å²) < 4.78 is 45.2. The molecule has 1 amide bonds. The lowest BCUT2D eigenvalue weighted by Gasteiger charge is -2.45. The van der Waals surface area contributed by atoms with Gasteiger partial charge < -0.3 is 30.5 Å². The van der Waals surface area contributed by atoms with Crippen molar-refractivity contribution in [3.05, 3.63) is 65.2 Å². The summed E-state index contributed by atoms with van der Waals surface area (Å²) in [5.74, 6) is 0.792. The Hall–Kier alpha value is -3.97. The number of piperidine rings is 1. The minimum atomic E-state index is -4.48. The van der Waals surface area contributed by atoms with Gasteiger partial charge in [0, 0.05) is 18.2 Å². The quantitative estimate of drug-likeness (QED) is 0.421. The minimum Gasteiger partial charge on any atom is -0.489 e. The van der Waals surface area contributed by atoms with Crippen LogP contribution < -0.4 is 15.4 Å². The molecular formula is C26H27F3N6O4. The number of amides is 1. The Bertz CT molecular complexity index is 1360. The van der Waals surface area contributed by atoms with Crippen molar-refractivity contribution in [3.63, 3.8) is 0 Å². The Kier molecular flexibility index (Phi) is 7.28. The smallest absolute Gasteiger partial charge is 0.416 e. The standard InChI is InChI=1S/C26H27F3N6O4/c1-14-22-24(34-23(31-14)15-3-2-4-16(7-15)26(27,28)29)32-17-5-6-21(35(22)11-17)25(38)33-18-8-20(10-30-9-18)39-13-19(37)12-36/h2-4,7-10,17,19,21,36-37H,5-6,11-13H2,1H3,(H,33,38)(H,31,32,34)/t17-,19+,21?/m0/s1. The first-order valence-corrected chi connectivity index (χ1v) is 12.4. The first-order valence-electron chi connectivity index (χ1n) is 12.4. The molecule has 2 aromatic rings. The van der Waals surface area contributed by atoms with Crippen LogP contribution in [0.5, 0.6) is 5.75 Å². The van der Waals surface area contributed by atoms with Gasteiger partial charge in [-0.25, -0.2) is 4.99 Å². The van der Waals surface area contributed by atoms with Crippen LogP contribution in [0.15, 0.2) is 64.1 Å². The zero-order valence-electron chi connectivity index (χ0n) is 20.9. The second-order valence-electron chi connectivity index (χ2n) is 9.52. The molecule has 3 aliphatic heterocycles. The summed E-state index contributed by atoms with van der Waals surface area (Å²) in [6, 6.07) is 5.89. The van der Waals surface area contributed by atoms with E-state index >= 15 is 0 Å². The molecule has 4 N–H and O–H groups in total. The van der Waals surface area contributed by atoms with Crippen LogP contribution in [0.3, 0.4) is 0 Å². The highest BCUT2D eigenvalue weighted by Crippen LogP contribution is 2.34. The molecule has 4 heterocycles. The number of anilines is 1. The number of rotatable bonds is 7. The van der Waals surface area contributed by atoms with Crippen molar-refractivity contribution in [3.8, 4) is 5.75 Å². The van der Waals surface area contributed by atoms with Gasteiger partial charge in [-0.05, 0) is 31.9 Å². The number of aromatic nitrogens is 1. The van der Waals surface area contributed by atoms with Gasteiger partial charge in [-0.2, -0.15) is 13.2 Å². The van der Waals surface area contributed by atoms with E-state index in [1.54, 1.807) is 19.1 Å². The van der Waals surface area contributed by atoms with Gasteiger partial charge in [-0.1, -0.05) is 12.1 Å². The summed E-state index contributed by atoms with van der Waals surface area (Å²) in [5, 5.41) is 24.4. The third-order valence-corrected chi connectivity index (χ3v) is 6.64. The molecule has 1 fully saturated rings. The molecule has 1 unspecified atom stereocenters. The number of nitrogens with one attached hydrogen (secondary N) is 2. The van der Waals surface area contributed by atoms with Crippen LogP contribution in [0.25, 0.3) is 0 Å². The molecule has 39 heavy (non-hydrogen) atoms. The van der Waals surface area contributed by atoms with Crippen LogP contribution in [-0.4, -0.2) is 75.6 Å². The molecule has 0 radical (unpaired) electrons. The fraction of sp³-hybridized carbons (Fsp3) is 0.385. The first-order chi connectivity index (χ1) is 18.6. The Morgan fingerprint density at radius 1 is 1.26 bits per heavy atom. The summed E-state index contributed by atoms with van der Waals surface area (Å²) in [7, 11) is 0.